The first kappa shape index (κ1) is 27.9. The number of nitrogens with two attached hydrogens (primary N) is 1. The SMILES string of the molecule is CCN(N)c1ccc2c(C)c1NC[C@@H]1CN(Cc3cc(sc3Cl)C2C(C)(C)C(=O)O)S(=O)c2cnccc2O1. The van der Waals surface area contributed by atoms with Crippen molar-refractivity contribution >= 4 is 51.3 Å². The average Bonchev–Trinajstić information content (AvgIpc) is 3.19. The summed E-state index contributed by atoms with van der Waals surface area (Å²) < 4.78 is 22.4. The van der Waals surface area contributed by atoms with Crippen molar-refractivity contribution in [2.45, 2.75) is 51.2 Å². The summed E-state index contributed by atoms with van der Waals surface area (Å²) in [7, 11) is -1.54. The summed E-state index contributed by atoms with van der Waals surface area (Å²) in [5, 5.41) is 15.5. The minimum atomic E-state index is -1.54. The molecule has 3 aromatic rings. The summed E-state index contributed by atoms with van der Waals surface area (Å²) in [4.78, 5) is 18.1. The van der Waals surface area contributed by atoms with E-state index < -0.39 is 28.3 Å². The van der Waals surface area contributed by atoms with Crippen molar-refractivity contribution in [1.29, 1.82) is 0 Å². The van der Waals surface area contributed by atoms with E-state index in [-0.39, 0.29) is 6.10 Å². The Morgan fingerprint density at radius 2 is 2.18 bits per heavy atom. The highest BCUT2D eigenvalue weighted by Gasteiger charge is 2.42. The number of hydrogen-bond donors (Lipinski definition) is 3. The second-order valence-electron chi connectivity index (χ2n) is 10.4. The number of halogens is 1. The molecule has 39 heavy (non-hydrogen) atoms. The number of rotatable bonds is 4. The van der Waals surface area contributed by atoms with Crippen LogP contribution in [0.5, 0.6) is 5.75 Å². The summed E-state index contributed by atoms with van der Waals surface area (Å²) in [5.41, 5.74) is 3.03. The molecule has 0 aliphatic carbocycles. The van der Waals surface area contributed by atoms with Crippen LogP contribution in [0, 0.1) is 12.3 Å². The van der Waals surface area contributed by atoms with E-state index in [1.165, 1.54) is 11.3 Å². The molecule has 2 aliphatic rings. The standard InChI is InChI=1S/C27H32ClN5O4S2/c1-5-33(29)19-7-6-18-15(2)24(19)31-11-17-14-32(39(36)22-12-30-9-8-20(22)37-17)13-16-10-21(38-25(16)28)23(18)27(3,4)26(34)35/h6-10,12,17,23,31H,5,11,13-14,29H2,1-4H3,(H,34,35)/t17-,23?,39?/m1/s1. The van der Waals surface area contributed by atoms with Gasteiger partial charge in [0.15, 0.2) is 0 Å². The first-order valence-corrected chi connectivity index (χ1v) is 15.0. The molecular weight excluding hydrogens is 558 g/mol. The molecule has 4 heterocycles. The van der Waals surface area contributed by atoms with Crippen molar-refractivity contribution in [3.05, 3.63) is 62.6 Å². The van der Waals surface area contributed by atoms with Crippen LogP contribution in [0.4, 0.5) is 11.4 Å². The first-order chi connectivity index (χ1) is 18.5. The van der Waals surface area contributed by atoms with Gasteiger partial charge >= 0.3 is 5.97 Å². The maximum Gasteiger partial charge on any atom is 0.310 e. The number of nitrogens with zero attached hydrogens (tertiary/aromatic N) is 3. The van der Waals surface area contributed by atoms with Crippen LogP contribution < -0.4 is 20.9 Å². The third-order valence-electron chi connectivity index (χ3n) is 7.50. The summed E-state index contributed by atoms with van der Waals surface area (Å²) in [6.45, 7) is 9.09. The van der Waals surface area contributed by atoms with Gasteiger partial charge in [-0.05, 0) is 62.6 Å². The molecule has 3 unspecified atom stereocenters. The van der Waals surface area contributed by atoms with E-state index in [0.29, 0.717) is 41.2 Å². The Morgan fingerprint density at radius 1 is 1.41 bits per heavy atom. The molecular formula is C27H32ClN5O4S2. The summed E-state index contributed by atoms with van der Waals surface area (Å²) in [6.07, 6.45) is 2.84. The molecule has 1 aromatic carbocycles. The largest absolute Gasteiger partial charge is 0.486 e. The monoisotopic (exact) mass is 589 g/mol. The molecule has 6 bridgehead atoms. The molecule has 0 amide bonds. The number of anilines is 2. The summed E-state index contributed by atoms with van der Waals surface area (Å²) in [6, 6.07) is 7.60. The lowest BCUT2D eigenvalue weighted by Gasteiger charge is -2.33. The van der Waals surface area contributed by atoms with Crippen LogP contribution in [0.1, 0.15) is 48.3 Å². The predicted octanol–water partition coefficient (Wildman–Crippen LogP) is 4.76. The molecule has 4 atom stereocenters. The van der Waals surface area contributed by atoms with E-state index in [4.69, 9.17) is 22.2 Å². The van der Waals surface area contributed by atoms with Crippen LogP contribution in [-0.4, -0.2) is 50.3 Å². The van der Waals surface area contributed by atoms with E-state index in [9.17, 15) is 14.1 Å². The molecule has 0 saturated carbocycles. The molecule has 12 heteroatoms. The van der Waals surface area contributed by atoms with Gasteiger partial charge in [0.25, 0.3) is 0 Å². The summed E-state index contributed by atoms with van der Waals surface area (Å²) in [5.74, 6) is 5.51. The number of aliphatic carboxylic acids is 1. The third kappa shape index (κ3) is 5.02. The van der Waals surface area contributed by atoms with Crippen LogP contribution in [0.2, 0.25) is 4.34 Å². The van der Waals surface area contributed by atoms with Gasteiger partial charge in [0, 0.05) is 36.3 Å². The van der Waals surface area contributed by atoms with Gasteiger partial charge in [0.05, 0.1) is 34.2 Å². The van der Waals surface area contributed by atoms with Crippen molar-refractivity contribution < 1.29 is 18.8 Å². The number of carbonyl (C=O) groups is 1. The van der Waals surface area contributed by atoms with Gasteiger partial charge in [0.1, 0.15) is 27.7 Å². The maximum absolute atomic E-state index is 13.7. The number of nitrogens with one attached hydrogen (secondary N) is 1. The molecule has 0 radical (unpaired) electrons. The van der Waals surface area contributed by atoms with Crippen LogP contribution in [0.15, 0.2) is 41.6 Å². The maximum atomic E-state index is 13.7. The molecule has 208 valence electrons. The fourth-order valence-corrected chi connectivity index (χ4v) is 8.10. The Labute approximate surface area is 239 Å². The van der Waals surface area contributed by atoms with Crippen molar-refractivity contribution in [1.82, 2.24) is 9.29 Å². The molecule has 0 fully saturated rings. The zero-order valence-electron chi connectivity index (χ0n) is 22.2. The van der Waals surface area contributed by atoms with Crippen molar-refractivity contribution in [3.8, 4) is 5.75 Å². The number of thiophene rings is 1. The van der Waals surface area contributed by atoms with Crippen LogP contribution >= 0.6 is 22.9 Å². The van der Waals surface area contributed by atoms with Crippen LogP contribution in [0.25, 0.3) is 0 Å². The van der Waals surface area contributed by atoms with Crippen molar-refractivity contribution in [2.24, 2.45) is 11.3 Å². The lowest BCUT2D eigenvalue weighted by molar-refractivity contribution is -0.147. The van der Waals surface area contributed by atoms with Crippen molar-refractivity contribution in [2.75, 3.05) is 30.0 Å². The number of hydrogen-bond acceptors (Lipinski definition) is 8. The Kier molecular flexibility index (Phi) is 7.64. The smallest absolute Gasteiger partial charge is 0.310 e. The average molecular weight is 590 g/mol. The number of hydrazine groups is 1. The fraction of sp³-hybridized carbons (Fsp3) is 0.407. The predicted molar refractivity (Wildman–Crippen MR) is 155 cm³/mol. The van der Waals surface area contributed by atoms with Gasteiger partial charge in [-0.25, -0.2) is 14.4 Å². The number of fused-ring (bicyclic) bond motifs is 7. The topological polar surface area (TPSA) is 121 Å². The Bertz CT molecular complexity index is 1450. The molecule has 0 saturated heterocycles. The highest BCUT2D eigenvalue weighted by Crippen LogP contribution is 2.49. The molecule has 2 aromatic heterocycles. The Balaban J connectivity index is 1.74. The van der Waals surface area contributed by atoms with Gasteiger partial charge in [-0.15, -0.1) is 11.3 Å². The Morgan fingerprint density at radius 3 is 2.90 bits per heavy atom. The van der Waals surface area contributed by atoms with Gasteiger partial charge in [0.2, 0.25) is 0 Å². The lowest BCUT2D eigenvalue weighted by Crippen LogP contribution is -2.38. The van der Waals surface area contributed by atoms with E-state index in [0.717, 1.165) is 32.9 Å². The molecule has 2 aliphatic heterocycles. The number of ether oxygens (including phenoxy) is 1. The summed E-state index contributed by atoms with van der Waals surface area (Å²) >= 11 is 8.16. The second kappa shape index (κ2) is 10.7. The van der Waals surface area contributed by atoms with Gasteiger partial charge in [-0.2, -0.15) is 0 Å². The lowest BCUT2D eigenvalue weighted by atomic mass is 9.72. The fourth-order valence-electron chi connectivity index (χ4n) is 5.24. The van der Waals surface area contributed by atoms with E-state index in [1.807, 2.05) is 36.4 Å². The third-order valence-corrected chi connectivity index (χ3v) is 10.4. The van der Waals surface area contributed by atoms with Crippen LogP contribution in [0.3, 0.4) is 0 Å². The van der Waals surface area contributed by atoms with Gasteiger partial charge in [-0.1, -0.05) is 17.7 Å². The minimum absolute atomic E-state index is 0.310. The van der Waals surface area contributed by atoms with E-state index in [1.54, 1.807) is 37.3 Å². The second-order valence-corrected chi connectivity index (χ2v) is 13.5. The normalized spacial score (nSPS) is 22.6. The first-order valence-electron chi connectivity index (χ1n) is 12.7. The van der Waals surface area contributed by atoms with E-state index >= 15 is 0 Å². The number of pyridine rings is 1. The van der Waals surface area contributed by atoms with Gasteiger partial charge < -0.3 is 20.2 Å². The number of aromatic nitrogens is 1. The molecule has 4 N–H and O–H groups in total. The minimum Gasteiger partial charge on any atom is -0.486 e. The van der Waals surface area contributed by atoms with Crippen LogP contribution in [-0.2, 0) is 22.3 Å². The number of carboxylic acids is 1. The Hall–Kier alpha value is -2.70. The molecule has 0 spiro atoms. The highest BCUT2D eigenvalue weighted by molar-refractivity contribution is 7.82. The van der Waals surface area contributed by atoms with E-state index in [2.05, 4.69) is 10.3 Å². The zero-order chi connectivity index (χ0) is 28.1. The zero-order valence-corrected chi connectivity index (χ0v) is 24.6. The molecule has 9 nitrogen and oxygen atoms in total. The quantitative estimate of drug-likeness (QED) is 0.294. The molecule has 5 rings (SSSR count). The van der Waals surface area contributed by atoms with Crippen molar-refractivity contribution in [3.63, 3.8) is 0 Å². The number of carboxylic acid groups (broad SMARTS) is 1. The van der Waals surface area contributed by atoms with Gasteiger partial charge in [-0.3, -0.25) is 9.78 Å². The number of benzene rings is 1. The highest BCUT2D eigenvalue weighted by atomic mass is 35.5.